The third-order valence-electron chi connectivity index (χ3n) is 3.50. The molecular formula is C14H19ClN2O2S2. The van der Waals surface area contributed by atoms with Gasteiger partial charge < -0.3 is 4.57 Å². The summed E-state index contributed by atoms with van der Waals surface area (Å²) >= 11 is 7.79. The summed E-state index contributed by atoms with van der Waals surface area (Å²) in [6, 6.07) is 5.25. The second-order valence-corrected chi connectivity index (χ2v) is 8.57. The lowest BCUT2D eigenvalue weighted by Gasteiger charge is -2.11. The van der Waals surface area contributed by atoms with Crippen molar-refractivity contribution >= 4 is 44.2 Å². The van der Waals surface area contributed by atoms with Gasteiger partial charge in [0.25, 0.3) is 0 Å². The Morgan fingerprint density at radius 3 is 2.71 bits per heavy atom. The average Bonchev–Trinajstić information content (AvgIpc) is 2.81. The van der Waals surface area contributed by atoms with Crippen LogP contribution in [-0.4, -0.2) is 35.7 Å². The summed E-state index contributed by atoms with van der Waals surface area (Å²) in [7, 11) is -3.30. The Labute approximate surface area is 134 Å². The van der Waals surface area contributed by atoms with Crippen molar-refractivity contribution in [1.29, 1.82) is 0 Å². The second kappa shape index (κ2) is 6.58. The molecule has 21 heavy (non-hydrogen) atoms. The standard InChI is InChI=1S/C14H19ClN2O2S2/c1-10(20-2)7-8-17-11-5-4-6-12(21(3,18)19)14(11)16-13(17)9-15/h4-6,10H,7-9H2,1-3H3. The number of alkyl halides is 1. The normalized spacial score (nSPS) is 13.7. The molecule has 0 aliphatic rings. The van der Waals surface area contributed by atoms with E-state index < -0.39 is 9.84 Å². The molecule has 1 atom stereocenters. The average molecular weight is 347 g/mol. The molecule has 2 aromatic rings. The number of aryl methyl sites for hydroxylation is 1. The lowest BCUT2D eigenvalue weighted by molar-refractivity contribution is 0.602. The van der Waals surface area contributed by atoms with Gasteiger partial charge in [0.05, 0.1) is 16.3 Å². The van der Waals surface area contributed by atoms with Crippen molar-refractivity contribution < 1.29 is 8.42 Å². The molecule has 116 valence electrons. The molecule has 0 fully saturated rings. The molecule has 0 aliphatic heterocycles. The van der Waals surface area contributed by atoms with Crippen molar-refractivity contribution in [2.75, 3.05) is 12.5 Å². The van der Waals surface area contributed by atoms with Crippen molar-refractivity contribution in [3.63, 3.8) is 0 Å². The Bertz CT molecular complexity index is 741. The smallest absolute Gasteiger partial charge is 0.177 e. The zero-order valence-electron chi connectivity index (χ0n) is 12.3. The molecule has 4 nitrogen and oxygen atoms in total. The minimum atomic E-state index is -3.30. The van der Waals surface area contributed by atoms with Crippen molar-refractivity contribution in [3.05, 3.63) is 24.0 Å². The first-order chi connectivity index (χ1) is 9.88. The first-order valence-electron chi connectivity index (χ1n) is 6.65. The molecule has 0 N–H and O–H groups in total. The molecule has 7 heteroatoms. The molecule has 0 radical (unpaired) electrons. The van der Waals surface area contributed by atoms with E-state index in [-0.39, 0.29) is 10.8 Å². The Kier molecular flexibility index (Phi) is 5.22. The zero-order valence-corrected chi connectivity index (χ0v) is 14.7. The highest BCUT2D eigenvalue weighted by Gasteiger charge is 2.18. The van der Waals surface area contributed by atoms with Crippen LogP contribution in [0.15, 0.2) is 23.1 Å². The van der Waals surface area contributed by atoms with Crippen molar-refractivity contribution in [2.45, 2.75) is 35.9 Å². The van der Waals surface area contributed by atoms with Crippen LogP contribution in [0.25, 0.3) is 11.0 Å². The largest absolute Gasteiger partial charge is 0.327 e. The Morgan fingerprint density at radius 2 is 2.14 bits per heavy atom. The van der Waals surface area contributed by atoms with E-state index in [4.69, 9.17) is 11.6 Å². The number of sulfone groups is 1. The van der Waals surface area contributed by atoms with E-state index in [0.717, 1.165) is 24.3 Å². The van der Waals surface area contributed by atoms with Crippen LogP contribution < -0.4 is 0 Å². The van der Waals surface area contributed by atoms with Gasteiger partial charge in [-0.25, -0.2) is 13.4 Å². The number of hydrogen-bond acceptors (Lipinski definition) is 4. The summed E-state index contributed by atoms with van der Waals surface area (Å²) in [4.78, 5) is 4.71. The number of imidazole rings is 1. The zero-order chi connectivity index (χ0) is 15.6. The SMILES string of the molecule is CSC(C)CCn1c(CCl)nc2c(S(C)(=O)=O)cccc21. The van der Waals surface area contributed by atoms with Crippen molar-refractivity contribution in [3.8, 4) is 0 Å². The fraction of sp³-hybridized carbons (Fsp3) is 0.500. The molecule has 0 aliphatic carbocycles. The Balaban J connectivity index is 2.55. The van der Waals surface area contributed by atoms with Crippen LogP contribution >= 0.6 is 23.4 Å². The number of nitrogens with zero attached hydrogens (tertiary/aromatic N) is 2. The van der Waals surface area contributed by atoms with Crippen LogP contribution in [0.2, 0.25) is 0 Å². The molecular weight excluding hydrogens is 328 g/mol. The van der Waals surface area contributed by atoms with Gasteiger partial charge in [0.2, 0.25) is 0 Å². The number of benzene rings is 1. The van der Waals surface area contributed by atoms with E-state index in [1.165, 1.54) is 6.26 Å². The maximum atomic E-state index is 11.9. The molecule has 1 aromatic carbocycles. The third kappa shape index (κ3) is 3.55. The van der Waals surface area contributed by atoms with Crippen LogP contribution in [0, 0.1) is 0 Å². The van der Waals surface area contributed by atoms with E-state index in [1.54, 1.807) is 12.1 Å². The number of para-hydroxylation sites is 1. The van der Waals surface area contributed by atoms with E-state index in [9.17, 15) is 8.42 Å². The van der Waals surface area contributed by atoms with E-state index >= 15 is 0 Å². The summed E-state index contributed by atoms with van der Waals surface area (Å²) in [6.45, 7) is 2.96. The van der Waals surface area contributed by atoms with Gasteiger partial charge in [0.15, 0.2) is 9.84 Å². The highest BCUT2D eigenvalue weighted by Crippen LogP contribution is 2.25. The fourth-order valence-electron chi connectivity index (χ4n) is 2.25. The Morgan fingerprint density at radius 1 is 1.43 bits per heavy atom. The number of rotatable bonds is 6. The summed E-state index contributed by atoms with van der Waals surface area (Å²) in [6.07, 6.45) is 4.28. The number of thioether (sulfide) groups is 1. The minimum absolute atomic E-state index is 0.267. The van der Waals surface area contributed by atoms with Crippen LogP contribution in [0.4, 0.5) is 0 Å². The van der Waals surface area contributed by atoms with Crippen molar-refractivity contribution in [1.82, 2.24) is 9.55 Å². The topological polar surface area (TPSA) is 52.0 Å². The first-order valence-corrected chi connectivity index (χ1v) is 10.4. The predicted molar refractivity (Wildman–Crippen MR) is 90.0 cm³/mol. The molecule has 0 saturated carbocycles. The van der Waals surface area contributed by atoms with E-state index in [0.29, 0.717) is 10.8 Å². The van der Waals surface area contributed by atoms with Gasteiger partial charge in [-0.05, 0) is 24.8 Å². The quantitative estimate of drug-likeness (QED) is 0.753. The molecule has 0 bridgehead atoms. The predicted octanol–water partition coefficient (Wildman–Crippen LogP) is 3.32. The maximum absolute atomic E-state index is 11.9. The van der Waals surface area contributed by atoms with Crippen LogP contribution in [0.5, 0.6) is 0 Å². The molecule has 1 unspecified atom stereocenters. The highest BCUT2D eigenvalue weighted by atomic mass is 35.5. The van der Waals surface area contributed by atoms with Gasteiger partial charge in [-0.1, -0.05) is 13.0 Å². The Hall–Kier alpha value is -0.720. The lowest BCUT2D eigenvalue weighted by atomic mass is 10.3. The number of aromatic nitrogens is 2. The van der Waals surface area contributed by atoms with Crippen molar-refractivity contribution in [2.24, 2.45) is 0 Å². The number of hydrogen-bond donors (Lipinski definition) is 0. The highest BCUT2D eigenvalue weighted by molar-refractivity contribution is 7.99. The van der Waals surface area contributed by atoms with Gasteiger partial charge >= 0.3 is 0 Å². The third-order valence-corrected chi connectivity index (χ3v) is 5.91. The fourth-order valence-corrected chi connectivity index (χ4v) is 3.62. The lowest BCUT2D eigenvalue weighted by Crippen LogP contribution is -2.07. The summed E-state index contributed by atoms with van der Waals surface area (Å²) in [5.74, 6) is 0.988. The molecule has 0 spiro atoms. The monoisotopic (exact) mass is 346 g/mol. The van der Waals surface area contributed by atoms with Crippen LogP contribution in [-0.2, 0) is 22.3 Å². The molecule has 2 rings (SSSR count). The summed E-state index contributed by atoms with van der Waals surface area (Å²) in [5, 5.41) is 0.531. The summed E-state index contributed by atoms with van der Waals surface area (Å²) in [5.41, 5.74) is 1.36. The van der Waals surface area contributed by atoms with Crippen LogP contribution in [0.1, 0.15) is 19.2 Å². The molecule has 0 amide bonds. The first kappa shape index (κ1) is 16.6. The van der Waals surface area contributed by atoms with Gasteiger partial charge in [-0.3, -0.25) is 0 Å². The van der Waals surface area contributed by atoms with Gasteiger partial charge in [0, 0.05) is 18.1 Å². The summed E-state index contributed by atoms with van der Waals surface area (Å²) < 4.78 is 25.8. The van der Waals surface area contributed by atoms with Gasteiger partial charge in [0.1, 0.15) is 11.3 Å². The van der Waals surface area contributed by atoms with Gasteiger partial charge in [-0.15, -0.1) is 11.6 Å². The van der Waals surface area contributed by atoms with E-state index in [2.05, 4.69) is 18.2 Å². The molecule has 0 saturated heterocycles. The van der Waals surface area contributed by atoms with E-state index in [1.807, 2.05) is 22.4 Å². The maximum Gasteiger partial charge on any atom is 0.177 e. The minimum Gasteiger partial charge on any atom is -0.327 e. The molecule has 1 heterocycles. The molecule has 1 aromatic heterocycles. The number of fused-ring (bicyclic) bond motifs is 1. The van der Waals surface area contributed by atoms with Crippen LogP contribution in [0.3, 0.4) is 0 Å². The van der Waals surface area contributed by atoms with Gasteiger partial charge in [-0.2, -0.15) is 11.8 Å². The second-order valence-electron chi connectivity index (χ2n) is 5.04. The number of halogens is 1.